The molecule has 0 aliphatic rings. The molecule has 0 heterocycles. The summed E-state index contributed by atoms with van der Waals surface area (Å²) in [4.78, 5) is 26.7. The summed E-state index contributed by atoms with van der Waals surface area (Å²) in [5.74, 6) is -3.25. The quantitative estimate of drug-likeness (QED) is 0.263. The zero-order valence-electron chi connectivity index (χ0n) is 8.03. The molecule has 0 amide bonds. The Kier molecular flexibility index (Phi) is 48.5. The van der Waals surface area contributed by atoms with Crippen LogP contribution in [-0.4, -0.2) is 72.5 Å². The van der Waals surface area contributed by atoms with Crippen molar-refractivity contribution in [1.82, 2.24) is 0 Å². The van der Waals surface area contributed by atoms with Crippen molar-refractivity contribution in [1.29, 1.82) is 0 Å². The number of carbonyl (C=O) groups is 3. The van der Waals surface area contributed by atoms with Crippen LogP contribution in [-0.2, 0) is 14.4 Å². The molecule has 0 unspecified atom stereocenters. The van der Waals surface area contributed by atoms with Crippen LogP contribution in [0.2, 0.25) is 0 Å². The second kappa shape index (κ2) is 23.2. The van der Waals surface area contributed by atoms with Crippen LogP contribution in [0.15, 0.2) is 0 Å². The standard InChI is InChI=1S/3C2H4O2.Pb.Tl/c3*1-2(3)4;;/h3*1H3,(H,3,4);;/q;;;+2;+1/p-3. The van der Waals surface area contributed by atoms with E-state index in [9.17, 15) is 0 Å². The van der Waals surface area contributed by atoms with Gasteiger partial charge in [-0.2, -0.15) is 0 Å². The van der Waals surface area contributed by atoms with Crippen LogP contribution in [0.25, 0.3) is 0 Å². The largest absolute Gasteiger partial charge is 2.00 e. The average Bonchev–Trinajstić information content (AvgIpc) is 1.54. The Morgan fingerprint density at radius 3 is 0.714 bits per heavy atom. The fourth-order valence-electron chi connectivity index (χ4n) is 0. The Balaban J connectivity index is -0.0000000270. The van der Waals surface area contributed by atoms with E-state index in [1.54, 1.807) is 0 Å². The molecule has 0 fully saturated rings. The Labute approximate surface area is 122 Å². The first-order chi connectivity index (χ1) is 5.20. The van der Waals surface area contributed by atoms with E-state index in [-0.39, 0.29) is 54.6 Å². The minimum Gasteiger partial charge on any atom is -0.550 e. The number of aliphatic carboxylic acids is 3. The van der Waals surface area contributed by atoms with Crippen LogP contribution in [0.3, 0.4) is 0 Å². The Bertz CT molecular complexity index is 120. The van der Waals surface area contributed by atoms with Crippen molar-refractivity contribution >= 4 is 72.5 Å². The van der Waals surface area contributed by atoms with Crippen molar-refractivity contribution in [2.24, 2.45) is 0 Å². The number of rotatable bonds is 0. The number of carboxylic acids is 3. The predicted molar refractivity (Wildman–Crippen MR) is 43.6 cm³/mol. The summed E-state index contributed by atoms with van der Waals surface area (Å²) in [5, 5.41) is 26.7. The molecule has 2 radical (unpaired) electrons. The molecule has 0 aliphatic carbocycles. The molecule has 0 saturated heterocycles. The third kappa shape index (κ3) is 24000. The number of hydrogen-bond acceptors (Lipinski definition) is 6. The second-order valence-electron chi connectivity index (χ2n) is 1.47. The van der Waals surface area contributed by atoms with Crippen LogP contribution < -0.4 is 15.3 Å². The Hall–Kier alpha value is 0.254. The number of carboxylic acid groups (broad SMARTS) is 3. The summed E-state index contributed by atoms with van der Waals surface area (Å²) in [5.41, 5.74) is 0. The summed E-state index contributed by atoms with van der Waals surface area (Å²) in [6.45, 7) is 2.92. The van der Waals surface area contributed by atoms with E-state index in [4.69, 9.17) is 29.7 Å². The van der Waals surface area contributed by atoms with Crippen LogP contribution in [0.5, 0.6) is 0 Å². The van der Waals surface area contributed by atoms with Crippen molar-refractivity contribution < 1.29 is 29.7 Å². The van der Waals surface area contributed by atoms with Crippen molar-refractivity contribution in [3.63, 3.8) is 0 Å². The van der Waals surface area contributed by atoms with Gasteiger partial charge >= 0.3 is 54.6 Å². The molecule has 76 valence electrons. The third-order valence-electron chi connectivity index (χ3n) is 0. The van der Waals surface area contributed by atoms with Gasteiger partial charge in [-0.3, -0.25) is 0 Å². The molecule has 14 heavy (non-hydrogen) atoms. The normalized spacial score (nSPS) is 5.36. The van der Waals surface area contributed by atoms with Crippen molar-refractivity contribution in [3.8, 4) is 0 Å². The maximum atomic E-state index is 8.89. The molecule has 0 atom stereocenters. The number of hydrogen-bond donors (Lipinski definition) is 0. The summed E-state index contributed by atoms with van der Waals surface area (Å²) in [7, 11) is 0. The van der Waals surface area contributed by atoms with Gasteiger partial charge in [0.25, 0.3) is 0 Å². The Morgan fingerprint density at radius 1 is 0.714 bits per heavy atom. The van der Waals surface area contributed by atoms with E-state index in [1.165, 1.54) is 0 Å². The van der Waals surface area contributed by atoms with Crippen molar-refractivity contribution in [2.75, 3.05) is 0 Å². The van der Waals surface area contributed by atoms with Gasteiger partial charge in [0.1, 0.15) is 0 Å². The SMILES string of the molecule is CC(=O)[O-].CC(=O)[O-].CC(=O)[O-].[Pb+2].[Tl+]. The predicted octanol–water partition coefficient (Wildman–Crippen LogP) is -4.49. The molecule has 6 nitrogen and oxygen atoms in total. The van der Waals surface area contributed by atoms with E-state index >= 15 is 0 Å². The van der Waals surface area contributed by atoms with Crippen LogP contribution in [0, 0.1) is 0 Å². The first-order valence-electron chi connectivity index (χ1n) is 2.72. The van der Waals surface area contributed by atoms with Gasteiger partial charge in [0.15, 0.2) is 0 Å². The zero-order valence-corrected chi connectivity index (χ0v) is 16.4. The molecule has 0 N–H and O–H groups in total. The van der Waals surface area contributed by atoms with Gasteiger partial charge in [-0.25, -0.2) is 0 Å². The first kappa shape index (κ1) is 29.2. The molecular weight excluding hydrogens is 580 g/mol. The Morgan fingerprint density at radius 2 is 0.714 bits per heavy atom. The molecule has 0 aromatic heterocycles. The summed E-state index contributed by atoms with van der Waals surface area (Å²) in [6.07, 6.45) is 0. The van der Waals surface area contributed by atoms with Gasteiger partial charge in [-0.15, -0.1) is 0 Å². The molecule has 0 aromatic carbocycles. The summed E-state index contributed by atoms with van der Waals surface area (Å²) < 4.78 is 0. The molecule has 0 aliphatic heterocycles. The van der Waals surface area contributed by atoms with Crippen LogP contribution in [0.4, 0.5) is 0 Å². The van der Waals surface area contributed by atoms with Gasteiger partial charge in [-0.05, 0) is 20.8 Å². The average molecular weight is 589 g/mol. The van der Waals surface area contributed by atoms with Gasteiger partial charge in [0, 0.05) is 17.9 Å². The monoisotopic (exact) mass is 590 g/mol. The third-order valence-corrected chi connectivity index (χ3v) is 0. The van der Waals surface area contributed by atoms with E-state index in [0.29, 0.717) is 0 Å². The molecule has 0 aromatic rings. The van der Waals surface area contributed by atoms with E-state index < -0.39 is 17.9 Å². The van der Waals surface area contributed by atoms with Gasteiger partial charge in [-0.1, -0.05) is 0 Å². The maximum Gasteiger partial charge on any atom is 2.00 e. The smallest absolute Gasteiger partial charge is 0.550 e. The van der Waals surface area contributed by atoms with Crippen molar-refractivity contribution in [2.45, 2.75) is 20.8 Å². The van der Waals surface area contributed by atoms with E-state index in [2.05, 4.69) is 0 Å². The maximum absolute atomic E-state index is 8.89. The van der Waals surface area contributed by atoms with Gasteiger partial charge in [0.05, 0.1) is 0 Å². The minimum atomic E-state index is -1.08. The topological polar surface area (TPSA) is 120 Å². The van der Waals surface area contributed by atoms with E-state index in [0.717, 1.165) is 20.8 Å². The molecule has 0 saturated carbocycles. The van der Waals surface area contributed by atoms with E-state index in [1.807, 2.05) is 0 Å². The summed E-state index contributed by atoms with van der Waals surface area (Å²) in [6, 6.07) is 0. The van der Waals surface area contributed by atoms with Crippen LogP contribution in [0.1, 0.15) is 20.8 Å². The molecule has 0 rings (SSSR count). The molecular formula is C6H9O6PbTl. The summed E-state index contributed by atoms with van der Waals surface area (Å²) >= 11 is 0. The van der Waals surface area contributed by atoms with Crippen LogP contribution >= 0.6 is 0 Å². The van der Waals surface area contributed by atoms with Gasteiger partial charge < -0.3 is 29.7 Å². The minimum absolute atomic E-state index is 0. The number of carbonyl (C=O) groups excluding carboxylic acids is 3. The zero-order chi connectivity index (χ0) is 10.7. The molecule has 0 bridgehead atoms. The van der Waals surface area contributed by atoms with Crippen molar-refractivity contribution in [3.05, 3.63) is 0 Å². The first-order valence-corrected chi connectivity index (χ1v) is 2.72. The molecule has 8 heteroatoms. The van der Waals surface area contributed by atoms with Gasteiger partial charge in [0.2, 0.25) is 0 Å². The fourth-order valence-corrected chi connectivity index (χ4v) is 0. The molecule has 0 spiro atoms. The fraction of sp³-hybridized carbons (Fsp3) is 0.500. The second-order valence-corrected chi connectivity index (χ2v) is 1.47.